The molecule has 2 rings (SSSR count). The van der Waals surface area contributed by atoms with Crippen molar-refractivity contribution in [3.05, 3.63) is 36.7 Å². The molecule has 0 aliphatic heterocycles. The average molecular weight is 289 g/mol. The Hall–Kier alpha value is -2.90. The predicted molar refractivity (Wildman–Crippen MR) is 75.1 cm³/mol. The van der Waals surface area contributed by atoms with E-state index in [1.807, 2.05) is 6.07 Å². The second kappa shape index (κ2) is 6.51. The van der Waals surface area contributed by atoms with Crippen molar-refractivity contribution in [3.8, 4) is 0 Å². The van der Waals surface area contributed by atoms with E-state index in [1.165, 1.54) is 17.9 Å². The average Bonchev–Trinajstić information content (AvgIpc) is 2.84. The van der Waals surface area contributed by atoms with Gasteiger partial charge in [0.1, 0.15) is 12.9 Å². The van der Waals surface area contributed by atoms with E-state index in [-0.39, 0.29) is 12.5 Å². The minimum atomic E-state index is -0.918. The van der Waals surface area contributed by atoms with E-state index < -0.39 is 18.0 Å². The van der Waals surface area contributed by atoms with Crippen molar-refractivity contribution in [2.24, 2.45) is 0 Å². The molecule has 21 heavy (non-hydrogen) atoms. The molecule has 1 heterocycles. The highest BCUT2D eigenvalue weighted by atomic mass is 16.5. The molecule has 1 aromatic carbocycles. The monoisotopic (exact) mass is 289 g/mol. The lowest BCUT2D eigenvalue weighted by atomic mass is 10.3. The molecular weight excluding hydrogens is 274 g/mol. The third-order valence-corrected chi connectivity index (χ3v) is 2.56. The van der Waals surface area contributed by atoms with Gasteiger partial charge in [-0.15, -0.1) is 5.10 Å². The van der Waals surface area contributed by atoms with Crippen molar-refractivity contribution in [2.45, 2.75) is 19.6 Å². The number of aromatic nitrogens is 3. The van der Waals surface area contributed by atoms with Gasteiger partial charge in [0, 0.05) is 5.69 Å². The summed E-state index contributed by atoms with van der Waals surface area (Å²) in [5, 5.41) is 6.40. The molecule has 0 radical (unpaired) electrons. The molecule has 8 heteroatoms. The van der Waals surface area contributed by atoms with Crippen LogP contribution in [0, 0.1) is 0 Å². The molecule has 110 valence electrons. The Morgan fingerprint density at radius 3 is 2.71 bits per heavy atom. The first-order chi connectivity index (χ1) is 10.0. The van der Waals surface area contributed by atoms with E-state index in [0.29, 0.717) is 5.69 Å². The summed E-state index contributed by atoms with van der Waals surface area (Å²) in [5.74, 6) is -0.944. The molecule has 0 aliphatic carbocycles. The number of benzene rings is 1. The molecule has 0 saturated carbocycles. The van der Waals surface area contributed by atoms with Crippen molar-refractivity contribution in [3.63, 3.8) is 0 Å². The Balaban J connectivity index is 1.84. The minimum Gasteiger partial charge on any atom is -0.451 e. The summed E-state index contributed by atoms with van der Waals surface area (Å²) in [5.41, 5.74) is 5.96. The molecule has 0 bridgehead atoms. The zero-order chi connectivity index (χ0) is 15.2. The van der Waals surface area contributed by atoms with Gasteiger partial charge in [0.25, 0.3) is 5.91 Å². The van der Waals surface area contributed by atoms with Crippen molar-refractivity contribution in [1.82, 2.24) is 14.8 Å². The SMILES string of the molecule is CC(OC(=O)Cn1cnc(N)n1)C(=O)Nc1ccccc1. The Labute approximate surface area is 120 Å². The fourth-order valence-corrected chi connectivity index (χ4v) is 1.57. The molecule has 0 saturated heterocycles. The van der Waals surface area contributed by atoms with Crippen LogP contribution in [0.1, 0.15) is 6.92 Å². The minimum absolute atomic E-state index is 0.0673. The maximum absolute atomic E-state index is 11.9. The predicted octanol–water partition coefficient (Wildman–Crippen LogP) is 0.431. The van der Waals surface area contributed by atoms with Gasteiger partial charge in [0.15, 0.2) is 6.10 Å². The number of para-hydroxylation sites is 1. The molecular formula is C13H15N5O3. The topological polar surface area (TPSA) is 112 Å². The van der Waals surface area contributed by atoms with Crippen molar-refractivity contribution in [1.29, 1.82) is 0 Å². The highest BCUT2D eigenvalue weighted by Crippen LogP contribution is 2.06. The van der Waals surface area contributed by atoms with Gasteiger partial charge in [-0.2, -0.15) is 0 Å². The Morgan fingerprint density at radius 2 is 2.10 bits per heavy atom. The number of esters is 1. The maximum Gasteiger partial charge on any atom is 0.328 e. The smallest absolute Gasteiger partial charge is 0.328 e. The summed E-state index contributed by atoms with van der Waals surface area (Å²) in [6.45, 7) is 1.33. The van der Waals surface area contributed by atoms with Crippen LogP contribution >= 0.6 is 0 Å². The zero-order valence-electron chi connectivity index (χ0n) is 11.4. The lowest BCUT2D eigenvalue weighted by Crippen LogP contribution is -2.31. The van der Waals surface area contributed by atoms with Crippen molar-refractivity contribution >= 4 is 23.5 Å². The molecule has 8 nitrogen and oxygen atoms in total. The van der Waals surface area contributed by atoms with Gasteiger partial charge in [-0.25, -0.2) is 9.67 Å². The largest absolute Gasteiger partial charge is 0.451 e. The summed E-state index contributed by atoms with van der Waals surface area (Å²) in [6.07, 6.45) is 0.393. The number of carbonyl (C=O) groups is 2. The molecule has 0 spiro atoms. The first kappa shape index (κ1) is 14.5. The summed E-state index contributed by atoms with van der Waals surface area (Å²) < 4.78 is 6.25. The van der Waals surface area contributed by atoms with Crippen LogP contribution in [-0.2, 0) is 20.9 Å². The number of anilines is 2. The van der Waals surface area contributed by atoms with E-state index in [4.69, 9.17) is 10.5 Å². The van der Waals surface area contributed by atoms with Crippen molar-refractivity contribution < 1.29 is 14.3 Å². The van der Waals surface area contributed by atoms with Crippen LogP contribution in [0.5, 0.6) is 0 Å². The number of rotatable bonds is 5. The highest BCUT2D eigenvalue weighted by molar-refractivity contribution is 5.94. The third-order valence-electron chi connectivity index (χ3n) is 2.56. The molecule has 1 aromatic heterocycles. The number of nitrogens with two attached hydrogens (primary N) is 1. The number of nitrogens with one attached hydrogen (secondary N) is 1. The lowest BCUT2D eigenvalue weighted by molar-refractivity contribution is -0.153. The van der Waals surface area contributed by atoms with Crippen molar-refractivity contribution in [2.75, 3.05) is 11.1 Å². The van der Waals surface area contributed by atoms with Crippen LogP contribution in [0.3, 0.4) is 0 Å². The molecule has 2 aromatic rings. The standard InChI is InChI=1S/C13H15N5O3/c1-9(12(20)16-10-5-3-2-4-6-10)21-11(19)7-18-8-15-13(14)17-18/h2-6,8-9H,7H2,1H3,(H2,14,17)(H,16,20). The van der Waals surface area contributed by atoms with E-state index in [1.54, 1.807) is 24.3 Å². The van der Waals surface area contributed by atoms with Gasteiger partial charge in [-0.3, -0.25) is 9.59 Å². The number of hydrogen-bond acceptors (Lipinski definition) is 6. The van der Waals surface area contributed by atoms with E-state index in [0.717, 1.165) is 0 Å². The van der Waals surface area contributed by atoms with Gasteiger partial charge in [0.05, 0.1) is 0 Å². The summed E-state index contributed by atoms with van der Waals surface area (Å²) in [7, 11) is 0. The molecule has 0 aliphatic rings. The van der Waals surface area contributed by atoms with Crippen LogP contribution in [0.4, 0.5) is 11.6 Å². The number of carbonyl (C=O) groups excluding carboxylic acids is 2. The molecule has 0 fully saturated rings. The molecule has 1 unspecified atom stereocenters. The van der Waals surface area contributed by atoms with Crippen LogP contribution in [0.15, 0.2) is 36.7 Å². The van der Waals surface area contributed by atoms with Crippen LogP contribution in [0.25, 0.3) is 0 Å². The lowest BCUT2D eigenvalue weighted by Gasteiger charge is -2.13. The van der Waals surface area contributed by atoms with E-state index in [2.05, 4.69) is 15.4 Å². The normalized spacial score (nSPS) is 11.7. The van der Waals surface area contributed by atoms with E-state index >= 15 is 0 Å². The maximum atomic E-state index is 11.9. The Bertz CT molecular complexity index is 626. The summed E-state index contributed by atoms with van der Waals surface area (Å²) in [4.78, 5) is 27.2. The summed E-state index contributed by atoms with van der Waals surface area (Å²) in [6, 6.07) is 8.90. The Morgan fingerprint density at radius 1 is 1.38 bits per heavy atom. The van der Waals surface area contributed by atoms with Crippen LogP contribution in [-0.4, -0.2) is 32.7 Å². The second-order valence-electron chi connectivity index (χ2n) is 4.29. The zero-order valence-corrected chi connectivity index (χ0v) is 11.4. The number of amides is 1. The van der Waals surface area contributed by atoms with Gasteiger partial charge in [-0.1, -0.05) is 18.2 Å². The molecule has 1 atom stereocenters. The number of nitrogens with zero attached hydrogens (tertiary/aromatic N) is 3. The Kier molecular flexibility index (Phi) is 4.50. The van der Waals surface area contributed by atoms with Gasteiger partial charge in [-0.05, 0) is 19.1 Å². The highest BCUT2D eigenvalue weighted by Gasteiger charge is 2.18. The fourth-order valence-electron chi connectivity index (χ4n) is 1.57. The summed E-state index contributed by atoms with van der Waals surface area (Å²) >= 11 is 0. The van der Waals surface area contributed by atoms with Crippen LogP contribution in [0.2, 0.25) is 0 Å². The number of nitrogen functional groups attached to an aromatic ring is 1. The fraction of sp³-hybridized carbons (Fsp3) is 0.231. The van der Waals surface area contributed by atoms with Gasteiger partial charge < -0.3 is 15.8 Å². The van der Waals surface area contributed by atoms with Gasteiger partial charge >= 0.3 is 5.97 Å². The van der Waals surface area contributed by atoms with Crippen LogP contribution < -0.4 is 11.1 Å². The first-order valence-electron chi connectivity index (χ1n) is 6.25. The first-order valence-corrected chi connectivity index (χ1v) is 6.25. The number of hydrogen-bond donors (Lipinski definition) is 2. The number of ether oxygens (including phenoxy) is 1. The molecule has 1 amide bonds. The second-order valence-corrected chi connectivity index (χ2v) is 4.29. The third kappa shape index (κ3) is 4.30. The van der Waals surface area contributed by atoms with Gasteiger partial charge in [0.2, 0.25) is 5.95 Å². The van der Waals surface area contributed by atoms with E-state index in [9.17, 15) is 9.59 Å². The molecule has 3 N–H and O–H groups in total. The quantitative estimate of drug-likeness (QED) is 0.772.